The molecule has 0 aliphatic carbocycles. The molecule has 0 aromatic rings. The first-order valence-corrected chi connectivity index (χ1v) is 8.98. The maximum absolute atomic E-state index is 5.87. The first kappa shape index (κ1) is 16.4. The molecule has 2 fully saturated rings. The van der Waals surface area contributed by atoms with Crippen LogP contribution in [-0.2, 0) is 13.9 Å². The van der Waals surface area contributed by atoms with Gasteiger partial charge >= 0.3 is 0 Å². The molecule has 0 aromatic heterocycles. The molecule has 0 amide bonds. The Balaban J connectivity index is 1.75. The van der Waals surface area contributed by atoms with Crippen molar-refractivity contribution in [1.29, 1.82) is 0 Å². The Morgan fingerprint density at radius 3 is 2.15 bits per heavy atom. The molecule has 0 aromatic carbocycles. The maximum atomic E-state index is 5.87. The van der Waals surface area contributed by atoms with Crippen LogP contribution >= 0.6 is 0 Å². The number of hydrogen-bond acceptors (Lipinski definition) is 4. The summed E-state index contributed by atoms with van der Waals surface area (Å²) in [6, 6.07) is 0. The van der Waals surface area contributed by atoms with E-state index in [-0.39, 0.29) is 5.60 Å². The van der Waals surface area contributed by atoms with E-state index in [0.29, 0.717) is 12.5 Å². The molecule has 0 N–H and O–H groups in total. The molecule has 20 heavy (non-hydrogen) atoms. The highest BCUT2D eigenvalue weighted by Crippen LogP contribution is 2.26. The highest BCUT2D eigenvalue weighted by atomic mass is 28.2. The van der Waals surface area contributed by atoms with Gasteiger partial charge in [-0.2, -0.15) is 0 Å². The minimum atomic E-state index is 0.0603. The van der Waals surface area contributed by atoms with Crippen molar-refractivity contribution in [3.8, 4) is 0 Å². The molecule has 4 nitrogen and oxygen atoms in total. The molecule has 2 unspecified atom stereocenters. The summed E-state index contributed by atoms with van der Waals surface area (Å²) >= 11 is 0. The molecule has 0 radical (unpaired) electrons. The number of ether oxygens (including phenoxy) is 2. The number of nitrogens with zero attached hydrogens (tertiary/aromatic N) is 1. The van der Waals surface area contributed by atoms with Crippen LogP contribution in [0.25, 0.3) is 0 Å². The molecule has 0 bridgehead atoms. The second kappa shape index (κ2) is 7.89. The van der Waals surface area contributed by atoms with Crippen molar-refractivity contribution in [2.24, 2.45) is 0 Å². The summed E-state index contributed by atoms with van der Waals surface area (Å²) in [5.41, 5.74) is 0.0603. The molecule has 2 atom stereocenters. The highest BCUT2D eigenvalue weighted by molar-refractivity contribution is 5.98. The molecule has 2 rings (SSSR count). The van der Waals surface area contributed by atoms with Gasteiger partial charge in [-0.1, -0.05) is 0 Å². The van der Waals surface area contributed by atoms with Gasteiger partial charge in [0.25, 0.3) is 0 Å². The molecule has 118 valence electrons. The lowest BCUT2D eigenvalue weighted by molar-refractivity contribution is -0.117. The van der Waals surface area contributed by atoms with Crippen LogP contribution in [0.3, 0.4) is 0 Å². The Kier molecular flexibility index (Phi) is 6.48. The number of hydrogen-bond donors (Lipinski definition) is 0. The van der Waals surface area contributed by atoms with Gasteiger partial charge in [0.1, 0.15) is 22.9 Å². The fourth-order valence-electron chi connectivity index (χ4n) is 3.07. The van der Waals surface area contributed by atoms with E-state index in [9.17, 15) is 0 Å². The van der Waals surface area contributed by atoms with Crippen molar-refractivity contribution < 1.29 is 13.9 Å². The second-order valence-corrected chi connectivity index (χ2v) is 7.00. The lowest BCUT2D eigenvalue weighted by Gasteiger charge is -2.33. The third-order valence-electron chi connectivity index (χ3n) is 4.55. The summed E-state index contributed by atoms with van der Waals surface area (Å²) in [5.74, 6) is 0. The van der Waals surface area contributed by atoms with Crippen molar-refractivity contribution in [2.45, 2.75) is 76.9 Å². The van der Waals surface area contributed by atoms with Crippen LogP contribution in [0.1, 0.15) is 58.8 Å². The van der Waals surface area contributed by atoms with E-state index in [1.807, 2.05) is 0 Å². The molecule has 2 heterocycles. The van der Waals surface area contributed by atoms with E-state index < -0.39 is 0 Å². The molecule has 2 aliphatic rings. The van der Waals surface area contributed by atoms with Crippen molar-refractivity contribution in [3.05, 3.63) is 0 Å². The Bertz CT molecular complexity index is 260. The van der Waals surface area contributed by atoms with E-state index >= 15 is 0 Å². The summed E-state index contributed by atoms with van der Waals surface area (Å²) < 4.78 is 17.4. The zero-order chi connectivity index (χ0) is 14.4. The topological polar surface area (TPSA) is 30.9 Å². The van der Waals surface area contributed by atoms with Crippen molar-refractivity contribution in [2.75, 3.05) is 19.8 Å². The maximum Gasteiger partial charge on any atom is 0.146 e. The molecule has 0 saturated carbocycles. The van der Waals surface area contributed by atoms with Gasteiger partial charge in [0.05, 0.1) is 0 Å². The Morgan fingerprint density at radius 1 is 1.10 bits per heavy atom. The quantitative estimate of drug-likeness (QED) is 0.505. The van der Waals surface area contributed by atoms with Gasteiger partial charge in [0, 0.05) is 25.4 Å². The SMILES string of the molecule is CC(C)(CCCCN(C1CCCO1)C1CCCO1)O[SiH3]. The van der Waals surface area contributed by atoms with Gasteiger partial charge in [-0.25, -0.2) is 0 Å². The minimum Gasteiger partial charge on any atom is -0.423 e. The summed E-state index contributed by atoms with van der Waals surface area (Å²) in [6.07, 6.45) is 8.84. The first-order chi connectivity index (χ1) is 9.62. The predicted octanol–water partition coefficient (Wildman–Crippen LogP) is 1.81. The van der Waals surface area contributed by atoms with Crippen molar-refractivity contribution in [3.63, 3.8) is 0 Å². The zero-order valence-corrected chi connectivity index (χ0v) is 15.4. The molecular formula is C15H31NO3Si. The third-order valence-corrected chi connectivity index (χ3v) is 5.65. The summed E-state index contributed by atoms with van der Waals surface area (Å²) in [5, 5.41) is 0. The minimum absolute atomic E-state index is 0.0603. The highest BCUT2D eigenvalue weighted by Gasteiger charge is 2.31. The summed E-state index contributed by atoms with van der Waals surface area (Å²) in [7, 11) is 0.824. The van der Waals surface area contributed by atoms with E-state index in [4.69, 9.17) is 13.9 Å². The number of unbranched alkanes of at least 4 members (excludes halogenated alkanes) is 1. The van der Waals surface area contributed by atoms with E-state index in [2.05, 4.69) is 18.7 Å². The lowest BCUT2D eigenvalue weighted by Crippen LogP contribution is -2.43. The van der Waals surface area contributed by atoms with Crippen LogP contribution in [0, 0.1) is 0 Å². The van der Waals surface area contributed by atoms with Crippen molar-refractivity contribution in [1.82, 2.24) is 4.90 Å². The fraction of sp³-hybridized carbons (Fsp3) is 1.00. The monoisotopic (exact) mass is 301 g/mol. The average Bonchev–Trinajstić information content (AvgIpc) is 3.11. The van der Waals surface area contributed by atoms with E-state index in [1.165, 1.54) is 25.7 Å². The molecule has 2 aliphatic heterocycles. The van der Waals surface area contributed by atoms with Gasteiger partial charge in [-0.05, 0) is 58.8 Å². The van der Waals surface area contributed by atoms with E-state index in [0.717, 1.165) is 49.5 Å². The van der Waals surface area contributed by atoms with Gasteiger partial charge in [-0.15, -0.1) is 0 Å². The first-order valence-electron chi connectivity index (χ1n) is 8.16. The predicted molar refractivity (Wildman–Crippen MR) is 83.6 cm³/mol. The van der Waals surface area contributed by atoms with E-state index in [1.54, 1.807) is 0 Å². The van der Waals surface area contributed by atoms with Gasteiger partial charge in [0.15, 0.2) is 0 Å². The number of rotatable bonds is 8. The van der Waals surface area contributed by atoms with Crippen LogP contribution in [0.15, 0.2) is 0 Å². The normalized spacial score (nSPS) is 27.8. The van der Waals surface area contributed by atoms with Crippen LogP contribution in [0.4, 0.5) is 0 Å². The summed E-state index contributed by atoms with van der Waals surface area (Å²) in [4.78, 5) is 2.47. The molecule has 0 spiro atoms. The van der Waals surface area contributed by atoms with Crippen LogP contribution in [0.5, 0.6) is 0 Å². The third kappa shape index (κ3) is 4.81. The largest absolute Gasteiger partial charge is 0.423 e. The van der Waals surface area contributed by atoms with Crippen LogP contribution in [0.2, 0.25) is 0 Å². The zero-order valence-electron chi connectivity index (χ0n) is 13.4. The van der Waals surface area contributed by atoms with Gasteiger partial charge < -0.3 is 13.9 Å². The molecule has 5 heteroatoms. The molecular weight excluding hydrogens is 270 g/mol. The second-order valence-electron chi connectivity index (χ2n) is 6.59. The standard InChI is InChI=1S/C15H31NO3Si/c1-15(2,19-20)9-3-4-10-16(13-7-5-11-17-13)14-8-6-12-18-14/h13-14H,3-12H2,1-2,20H3. The smallest absolute Gasteiger partial charge is 0.146 e. The van der Waals surface area contributed by atoms with Crippen LogP contribution < -0.4 is 0 Å². The molecule has 2 saturated heterocycles. The van der Waals surface area contributed by atoms with Crippen LogP contribution in [-0.4, -0.2) is 53.2 Å². The Morgan fingerprint density at radius 2 is 1.70 bits per heavy atom. The van der Waals surface area contributed by atoms with Gasteiger partial charge in [0.2, 0.25) is 0 Å². The lowest BCUT2D eigenvalue weighted by atomic mass is 10.0. The Labute approximate surface area is 126 Å². The fourth-order valence-corrected chi connectivity index (χ4v) is 3.27. The Hall–Kier alpha value is 0.0569. The summed E-state index contributed by atoms with van der Waals surface area (Å²) in [6.45, 7) is 7.30. The van der Waals surface area contributed by atoms with Gasteiger partial charge in [-0.3, -0.25) is 4.90 Å². The van der Waals surface area contributed by atoms with Crippen molar-refractivity contribution >= 4 is 10.5 Å². The average molecular weight is 302 g/mol.